The summed E-state index contributed by atoms with van der Waals surface area (Å²) < 4.78 is 1.18. The highest BCUT2D eigenvalue weighted by molar-refractivity contribution is 7.22. The van der Waals surface area contributed by atoms with E-state index in [-0.39, 0.29) is 0 Å². The van der Waals surface area contributed by atoms with E-state index in [1.165, 1.54) is 15.5 Å². The zero-order valence-corrected chi connectivity index (χ0v) is 11.4. The fourth-order valence-corrected chi connectivity index (χ4v) is 3.15. The van der Waals surface area contributed by atoms with Crippen molar-refractivity contribution in [2.45, 2.75) is 0 Å². The van der Waals surface area contributed by atoms with Crippen LogP contribution in [-0.2, 0) is 0 Å². The number of fused-ring (bicyclic) bond motifs is 3. The summed E-state index contributed by atoms with van der Waals surface area (Å²) in [5, 5.41) is 6.53. The number of nitrogens with zero attached hydrogens (tertiary/aromatic N) is 2. The lowest BCUT2D eigenvalue weighted by Gasteiger charge is -1.99. The molecular weight excluding hydrogens is 266 g/mol. The summed E-state index contributed by atoms with van der Waals surface area (Å²) >= 11 is 1.64. The van der Waals surface area contributed by atoms with Crippen LogP contribution in [0.1, 0.15) is 0 Å². The van der Waals surface area contributed by atoms with E-state index in [0.29, 0.717) is 0 Å². The van der Waals surface area contributed by atoms with Crippen molar-refractivity contribution in [2.24, 2.45) is 0 Å². The third kappa shape index (κ3) is 1.90. The molecular formula is C16H11N3S. The molecule has 1 N–H and O–H groups in total. The molecule has 0 aliphatic carbocycles. The number of anilines is 2. The maximum Gasteiger partial charge on any atom is 0.189 e. The smallest absolute Gasteiger partial charge is 0.189 e. The van der Waals surface area contributed by atoms with Crippen LogP contribution < -0.4 is 5.32 Å². The van der Waals surface area contributed by atoms with Gasteiger partial charge in [0.2, 0.25) is 0 Å². The van der Waals surface area contributed by atoms with Gasteiger partial charge in [-0.2, -0.15) is 0 Å². The van der Waals surface area contributed by atoms with Gasteiger partial charge in [0, 0.05) is 11.6 Å². The third-order valence-corrected chi connectivity index (χ3v) is 4.12. The topological polar surface area (TPSA) is 37.8 Å². The summed E-state index contributed by atoms with van der Waals surface area (Å²) in [5.74, 6) is 0.816. The molecule has 0 atom stereocenters. The molecule has 3 nitrogen and oxygen atoms in total. The molecule has 4 rings (SSSR count). The molecule has 2 aromatic heterocycles. The van der Waals surface area contributed by atoms with Crippen LogP contribution in [0.15, 0.2) is 60.8 Å². The normalized spacial score (nSPS) is 11.0. The quantitative estimate of drug-likeness (QED) is 0.582. The molecule has 2 aromatic carbocycles. The van der Waals surface area contributed by atoms with Crippen molar-refractivity contribution in [1.82, 2.24) is 9.97 Å². The van der Waals surface area contributed by atoms with Crippen LogP contribution in [0.4, 0.5) is 10.9 Å². The molecule has 4 aromatic rings. The van der Waals surface area contributed by atoms with E-state index in [2.05, 4.69) is 34.6 Å². The number of aromatic nitrogens is 2. The van der Waals surface area contributed by atoms with Crippen molar-refractivity contribution in [3.63, 3.8) is 0 Å². The zero-order chi connectivity index (χ0) is 13.4. The van der Waals surface area contributed by atoms with Crippen molar-refractivity contribution < 1.29 is 0 Å². The molecule has 0 saturated heterocycles. The summed E-state index contributed by atoms with van der Waals surface area (Å²) in [4.78, 5) is 8.97. The minimum Gasteiger partial charge on any atom is -0.316 e. The number of rotatable bonds is 2. The molecule has 0 fully saturated rings. The molecule has 0 spiro atoms. The second-order valence-electron chi connectivity index (χ2n) is 4.49. The molecule has 0 saturated carbocycles. The maximum absolute atomic E-state index is 4.70. The lowest BCUT2D eigenvalue weighted by Crippen LogP contribution is -1.90. The SMILES string of the molecule is c1ccc(Nc2nc3c(ccc4ccccc43)s2)nc1. The van der Waals surface area contributed by atoms with Crippen LogP contribution in [0.3, 0.4) is 0 Å². The maximum atomic E-state index is 4.70. The summed E-state index contributed by atoms with van der Waals surface area (Å²) in [7, 11) is 0. The molecule has 20 heavy (non-hydrogen) atoms. The minimum atomic E-state index is 0.816. The average molecular weight is 277 g/mol. The summed E-state index contributed by atoms with van der Waals surface area (Å²) in [6.45, 7) is 0. The van der Waals surface area contributed by atoms with E-state index in [0.717, 1.165) is 16.5 Å². The monoisotopic (exact) mass is 277 g/mol. The second-order valence-corrected chi connectivity index (χ2v) is 5.52. The first kappa shape index (κ1) is 11.4. The summed E-state index contributed by atoms with van der Waals surface area (Å²) in [6.07, 6.45) is 1.77. The van der Waals surface area contributed by atoms with E-state index in [9.17, 15) is 0 Å². The van der Waals surface area contributed by atoms with Gasteiger partial charge in [-0.1, -0.05) is 47.7 Å². The fourth-order valence-electron chi connectivity index (χ4n) is 2.26. The van der Waals surface area contributed by atoms with Crippen LogP contribution in [-0.4, -0.2) is 9.97 Å². The number of hydrogen-bond donors (Lipinski definition) is 1. The standard InChI is InChI=1S/C16H11N3S/c1-2-6-12-11(5-1)8-9-13-15(12)19-16(20-13)18-14-7-3-4-10-17-14/h1-10H,(H,17,18,19). The largest absolute Gasteiger partial charge is 0.316 e. The highest BCUT2D eigenvalue weighted by Crippen LogP contribution is 2.32. The molecule has 0 aliphatic rings. The van der Waals surface area contributed by atoms with Crippen LogP contribution in [0.5, 0.6) is 0 Å². The first-order valence-electron chi connectivity index (χ1n) is 6.36. The van der Waals surface area contributed by atoms with Gasteiger partial charge in [-0.05, 0) is 23.6 Å². The number of hydrogen-bond acceptors (Lipinski definition) is 4. The van der Waals surface area contributed by atoms with Crippen molar-refractivity contribution in [2.75, 3.05) is 5.32 Å². The Balaban J connectivity index is 1.84. The van der Waals surface area contributed by atoms with Gasteiger partial charge in [0.25, 0.3) is 0 Å². The Hall–Kier alpha value is -2.46. The van der Waals surface area contributed by atoms with Crippen LogP contribution in [0.25, 0.3) is 21.0 Å². The Morgan fingerprint density at radius 3 is 2.70 bits per heavy atom. The number of pyridine rings is 1. The van der Waals surface area contributed by atoms with Gasteiger partial charge >= 0.3 is 0 Å². The van der Waals surface area contributed by atoms with Crippen molar-refractivity contribution in [3.05, 3.63) is 60.8 Å². The van der Waals surface area contributed by atoms with Gasteiger partial charge in [0.15, 0.2) is 5.13 Å². The minimum absolute atomic E-state index is 0.816. The van der Waals surface area contributed by atoms with Gasteiger partial charge in [-0.25, -0.2) is 9.97 Å². The Kier molecular flexibility index (Phi) is 2.60. The Labute approximate surface area is 119 Å². The van der Waals surface area contributed by atoms with Gasteiger partial charge in [-0.3, -0.25) is 0 Å². The van der Waals surface area contributed by atoms with Crippen LogP contribution >= 0.6 is 11.3 Å². The number of nitrogens with one attached hydrogen (secondary N) is 1. The second kappa shape index (κ2) is 4.58. The fraction of sp³-hybridized carbons (Fsp3) is 0. The molecule has 2 heterocycles. The molecule has 0 unspecified atom stereocenters. The predicted molar refractivity (Wildman–Crippen MR) is 84.6 cm³/mol. The summed E-state index contributed by atoms with van der Waals surface area (Å²) in [5.41, 5.74) is 1.05. The van der Waals surface area contributed by atoms with Crippen molar-refractivity contribution >= 4 is 43.3 Å². The number of thiazole rings is 1. The van der Waals surface area contributed by atoms with Gasteiger partial charge in [-0.15, -0.1) is 0 Å². The Morgan fingerprint density at radius 1 is 0.900 bits per heavy atom. The highest BCUT2D eigenvalue weighted by Gasteiger charge is 2.07. The highest BCUT2D eigenvalue weighted by atomic mass is 32.1. The van der Waals surface area contributed by atoms with Gasteiger partial charge < -0.3 is 5.32 Å². The Morgan fingerprint density at radius 2 is 1.80 bits per heavy atom. The molecule has 0 amide bonds. The van der Waals surface area contributed by atoms with E-state index < -0.39 is 0 Å². The van der Waals surface area contributed by atoms with E-state index in [1.807, 2.05) is 30.3 Å². The average Bonchev–Trinajstić information content (AvgIpc) is 2.91. The lowest BCUT2D eigenvalue weighted by molar-refractivity contribution is 1.30. The van der Waals surface area contributed by atoms with E-state index in [1.54, 1.807) is 17.5 Å². The molecule has 0 aliphatic heterocycles. The third-order valence-electron chi connectivity index (χ3n) is 3.18. The van der Waals surface area contributed by atoms with Crippen molar-refractivity contribution in [3.8, 4) is 0 Å². The Bertz CT molecular complexity index is 884. The van der Waals surface area contributed by atoms with Crippen molar-refractivity contribution in [1.29, 1.82) is 0 Å². The zero-order valence-electron chi connectivity index (χ0n) is 10.6. The van der Waals surface area contributed by atoms with Gasteiger partial charge in [0.05, 0.1) is 10.2 Å². The van der Waals surface area contributed by atoms with Crippen LogP contribution in [0, 0.1) is 0 Å². The first-order chi connectivity index (χ1) is 9.90. The van der Waals surface area contributed by atoms with Gasteiger partial charge in [0.1, 0.15) is 5.82 Å². The molecule has 0 bridgehead atoms. The number of benzene rings is 2. The lowest BCUT2D eigenvalue weighted by atomic mass is 10.1. The van der Waals surface area contributed by atoms with E-state index >= 15 is 0 Å². The van der Waals surface area contributed by atoms with Crippen LogP contribution in [0.2, 0.25) is 0 Å². The summed E-state index contributed by atoms with van der Waals surface area (Å²) in [6, 6.07) is 18.4. The van der Waals surface area contributed by atoms with E-state index in [4.69, 9.17) is 4.98 Å². The first-order valence-corrected chi connectivity index (χ1v) is 7.18. The predicted octanol–water partition coefficient (Wildman–Crippen LogP) is 4.59. The molecule has 96 valence electrons. The molecule has 0 radical (unpaired) electrons. The molecule has 4 heteroatoms.